The van der Waals surface area contributed by atoms with Crippen molar-refractivity contribution in [1.82, 2.24) is 0 Å². The molecule has 0 aliphatic rings. The molecule has 0 saturated heterocycles. The average molecular weight is 409 g/mol. The molecule has 0 bridgehead atoms. The third kappa shape index (κ3) is 3.25. The second-order valence-electron chi connectivity index (χ2n) is 3.53. The van der Waals surface area contributed by atoms with Crippen LogP contribution in [0.5, 0.6) is 0 Å². The summed E-state index contributed by atoms with van der Waals surface area (Å²) in [5.41, 5.74) is 0.392. The highest BCUT2D eigenvalue weighted by Crippen LogP contribution is 2.24. The van der Waals surface area contributed by atoms with Crippen molar-refractivity contribution in [2.45, 2.75) is 4.90 Å². The van der Waals surface area contributed by atoms with Crippen molar-refractivity contribution in [3.63, 3.8) is 0 Å². The topological polar surface area (TPSA) is 83.5 Å². The summed E-state index contributed by atoms with van der Waals surface area (Å²) >= 11 is 2.98. The zero-order valence-electron chi connectivity index (χ0n) is 9.33. The molecule has 0 fully saturated rings. The number of nitrogens with one attached hydrogen (secondary N) is 1. The summed E-state index contributed by atoms with van der Waals surface area (Å²) in [4.78, 5) is 10.5. The molecule has 100 valence electrons. The number of hydrogen-bond donors (Lipinski definition) is 2. The Hall–Kier alpha value is -1.13. The van der Waals surface area contributed by atoms with Crippen molar-refractivity contribution in [3.05, 3.63) is 44.2 Å². The van der Waals surface area contributed by atoms with Gasteiger partial charge in [0.25, 0.3) is 10.0 Å². The molecule has 0 amide bonds. The van der Waals surface area contributed by atoms with Crippen LogP contribution in [-0.2, 0) is 10.0 Å². The van der Waals surface area contributed by atoms with Crippen LogP contribution in [0.3, 0.4) is 0 Å². The third-order valence-electron chi connectivity index (χ3n) is 2.21. The molecule has 19 heavy (non-hydrogen) atoms. The Morgan fingerprint density at radius 2 is 1.84 bits per heavy atom. The van der Waals surface area contributed by atoms with E-state index >= 15 is 0 Å². The van der Waals surface area contributed by atoms with E-state index < -0.39 is 16.0 Å². The van der Waals surface area contributed by atoms with E-state index in [-0.39, 0.29) is 9.77 Å². The van der Waals surface area contributed by atoms with Crippen LogP contribution in [-0.4, -0.2) is 19.5 Å². The molecule has 0 unspecified atom stereocenters. The van der Waals surface area contributed by atoms with Crippen LogP contribution in [0.25, 0.3) is 0 Å². The summed E-state index contributed by atoms with van der Waals surface area (Å²) in [6, 6.07) is 8.02. The lowest BCUT2D eigenvalue weighted by Gasteiger charge is -2.07. The largest absolute Gasteiger partial charge is 0.477 e. The van der Waals surface area contributed by atoms with Gasteiger partial charge < -0.3 is 5.11 Å². The monoisotopic (exact) mass is 409 g/mol. The first-order chi connectivity index (χ1) is 8.90. The number of carboxylic acids is 1. The molecule has 2 aromatic rings. The maximum absolute atomic E-state index is 12.1. The minimum absolute atomic E-state index is 0.196. The molecule has 1 aromatic heterocycles. The first kappa shape index (κ1) is 14.3. The van der Waals surface area contributed by atoms with Gasteiger partial charge in [-0.05, 0) is 58.3 Å². The Labute approximate surface area is 127 Å². The van der Waals surface area contributed by atoms with Crippen LogP contribution >= 0.6 is 33.9 Å². The second kappa shape index (κ2) is 5.47. The molecule has 0 spiro atoms. The maximum Gasteiger partial charge on any atom is 0.347 e. The fourth-order valence-electron chi connectivity index (χ4n) is 1.39. The number of aromatic carboxylic acids is 1. The van der Waals surface area contributed by atoms with Gasteiger partial charge in [-0.3, -0.25) is 4.72 Å². The molecule has 1 aromatic carbocycles. The summed E-state index contributed by atoms with van der Waals surface area (Å²) < 4.78 is 27.5. The lowest BCUT2D eigenvalue weighted by molar-refractivity contribution is 0.0698. The Kier molecular flexibility index (Phi) is 4.11. The number of anilines is 1. The third-order valence-corrected chi connectivity index (χ3v) is 5.38. The van der Waals surface area contributed by atoms with E-state index in [1.165, 1.54) is 11.4 Å². The van der Waals surface area contributed by atoms with E-state index in [1.54, 1.807) is 24.3 Å². The fraction of sp³-hybridized carbons (Fsp3) is 0. The molecule has 0 aliphatic carbocycles. The van der Waals surface area contributed by atoms with Crippen LogP contribution in [0.2, 0.25) is 0 Å². The predicted molar refractivity (Wildman–Crippen MR) is 81.2 cm³/mol. The fourth-order valence-corrected chi connectivity index (χ4v) is 4.07. The Morgan fingerprint density at radius 1 is 1.21 bits per heavy atom. The van der Waals surface area contributed by atoms with Crippen LogP contribution in [0.1, 0.15) is 9.67 Å². The van der Waals surface area contributed by atoms with E-state index in [2.05, 4.69) is 27.3 Å². The molecule has 5 nitrogen and oxygen atoms in total. The Morgan fingerprint density at radius 3 is 2.42 bits per heavy atom. The van der Waals surface area contributed by atoms with Crippen LogP contribution in [0.4, 0.5) is 5.69 Å². The van der Waals surface area contributed by atoms with Crippen LogP contribution < -0.4 is 4.72 Å². The maximum atomic E-state index is 12.1. The van der Waals surface area contributed by atoms with Gasteiger partial charge in [0.1, 0.15) is 9.77 Å². The highest BCUT2D eigenvalue weighted by molar-refractivity contribution is 14.1. The van der Waals surface area contributed by atoms with Crippen molar-refractivity contribution in [2.75, 3.05) is 4.72 Å². The van der Waals surface area contributed by atoms with Gasteiger partial charge in [0.2, 0.25) is 0 Å². The Bertz CT molecular complexity index is 707. The quantitative estimate of drug-likeness (QED) is 0.761. The first-order valence-corrected chi connectivity index (χ1v) is 8.43. The minimum Gasteiger partial charge on any atom is -0.477 e. The lowest BCUT2D eigenvalue weighted by atomic mass is 10.3. The van der Waals surface area contributed by atoms with E-state index in [0.29, 0.717) is 5.69 Å². The van der Waals surface area contributed by atoms with E-state index in [0.717, 1.165) is 14.9 Å². The zero-order valence-corrected chi connectivity index (χ0v) is 13.1. The van der Waals surface area contributed by atoms with Gasteiger partial charge in [-0.25, -0.2) is 13.2 Å². The summed E-state index contributed by atoms with van der Waals surface area (Å²) in [5.74, 6) is -1.25. The molecule has 2 N–H and O–H groups in total. The smallest absolute Gasteiger partial charge is 0.347 e. The highest BCUT2D eigenvalue weighted by Gasteiger charge is 2.23. The minimum atomic E-state index is -3.88. The molecular weight excluding hydrogens is 401 g/mol. The van der Waals surface area contributed by atoms with E-state index in [9.17, 15) is 13.2 Å². The predicted octanol–water partition coefficient (Wildman–Crippen LogP) is 2.85. The summed E-state index contributed by atoms with van der Waals surface area (Å²) in [6.45, 7) is 0. The Balaban J connectivity index is 2.35. The van der Waals surface area contributed by atoms with Gasteiger partial charge in [-0.1, -0.05) is 0 Å². The number of carbonyl (C=O) groups is 1. The number of hydrogen-bond acceptors (Lipinski definition) is 4. The van der Waals surface area contributed by atoms with Crippen molar-refractivity contribution >= 4 is 55.6 Å². The molecule has 0 aliphatic heterocycles. The van der Waals surface area contributed by atoms with E-state index in [1.807, 2.05) is 0 Å². The number of carboxylic acid groups (broad SMARTS) is 1. The number of sulfonamides is 1. The standard InChI is InChI=1S/C11H8INO4S2/c12-7-1-3-8(4-2-7)13-19(16,17)9-5-6-18-10(9)11(14)15/h1-6,13H,(H,14,15). The second-order valence-corrected chi connectivity index (χ2v) is 7.34. The van der Waals surface area contributed by atoms with Crippen LogP contribution in [0, 0.1) is 3.57 Å². The van der Waals surface area contributed by atoms with Gasteiger partial charge in [-0.2, -0.15) is 0 Å². The molecule has 0 atom stereocenters. The summed E-state index contributed by atoms with van der Waals surface area (Å²) in [6.07, 6.45) is 0. The number of halogens is 1. The average Bonchev–Trinajstić information content (AvgIpc) is 2.82. The van der Waals surface area contributed by atoms with E-state index in [4.69, 9.17) is 5.11 Å². The molecule has 0 radical (unpaired) electrons. The van der Waals surface area contributed by atoms with Crippen molar-refractivity contribution in [1.29, 1.82) is 0 Å². The molecule has 0 saturated carbocycles. The molecule has 1 heterocycles. The molecule has 8 heteroatoms. The van der Waals surface area contributed by atoms with Gasteiger partial charge in [0.05, 0.1) is 0 Å². The van der Waals surface area contributed by atoms with Crippen molar-refractivity contribution < 1.29 is 18.3 Å². The number of thiophene rings is 1. The summed E-state index contributed by atoms with van der Waals surface area (Å²) in [7, 11) is -3.88. The highest BCUT2D eigenvalue weighted by atomic mass is 127. The normalized spacial score (nSPS) is 11.2. The molecule has 2 rings (SSSR count). The van der Waals surface area contributed by atoms with Crippen molar-refractivity contribution in [2.24, 2.45) is 0 Å². The van der Waals surface area contributed by atoms with Crippen LogP contribution in [0.15, 0.2) is 40.6 Å². The van der Waals surface area contributed by atoms with Crippen molar-refractivity contribution in [3.8, 4) is 0 Å². The summed E-state index contributed by atoms with van der Waals surface area (Å²) in [5, 5.41) is 10.4. The lowest BCUT2D eigenvalue weighted by Crippen LogP contribution is -2.15. The van der Waals surface area contributed by atoms with Gasteiger partial charge in [-0.15, -0.1) is 11.3 Å². The molecular formula is C11H8INO4S2. The van der Waals surface area contributed by atoms with Gasteiger partial charge >= 0.3 is 5.97 Å². The number of rotatable bonds is 4. The SMILES string of the molecule is O=C(O)c1sccc1S(=O)(=O)Nc1ccc(I)cc1. The van der Waals surface area contributed by atoms with Gasteiger partial charge in [0.15, 0.2) is 0 Å². The number of benzene rings is 1. The van der Waals surface area contributed by atoms with Gasteiger partial charge in [0, 0.05) is 9.26 Å². The first-order valence-electron chi connectivity index (χ1n) is 4.99. The zero-order chi connectivity index (χ0) is 14.0.